The Morgan fingerprint density at radius 1 is 0.952 bits per heavy atom. The summed E-state index contributed by atoms with van der Waals surface area (Å²) in [5.41, 5.74) is 2.37. The van der Waals surface area contributed by atoms with E-state index in [0.717, 1.165) is 10.0 Å². The van der Waals surface area contributed by atoms with Gasteiger partial charge in [0.1, 0.15) is 6.42 Å². The average Bonchev–Trinajstić information content (AvgIpc) is 2.43. The summed E-state index contributed by atoms with van der Waals surface area (Å²) < 4.78 is 0.974. The van der Waals surface area contributed by atoms with Crippen molar-refractivity contribution in [2.75, 3.05) is 10.6 Å². The van der Waals surface area contributed by atoms with Crippen LogP contribution in [-0.4, -0.2) is 11.8 Å². The molecule has 0 aliphatic rings. The van der Waals surface area contributed by atoms with Crippen LogP contribution >= 0.6 is 15.9 Å². The summed E-state index contributed by atoms with van der Waals surface area (Å²) in [6.45, 7) is 1.93. The Labute approximate surface area is 131 Å². The lowest BCUT2D eigenvalue weighted by Crippen LogP contribution is -2.21. The first-order valence-electron chi connectivity index (χ1n) is 6.45. The molecule has 0 fully saturated rings. The summed E-state index contributed by atoms with van der Waals surface area (Å²) >= 11 is 3.40. The number of halogens is 1. The minimum Gasteiger partial charge on any atom is -0.326 e. The van der Waals surface area contributed by atoms with Crippen molar-refractivity contribution in [1.29, 1.82) is 0 Å². The number of nitrogens with one attached hydrogen (secondary N) is 2. The second kappa shape index (κ2) is 7.04. The lowest BCUT2D eigenvalue weighted by molar-refractivity contribution is -0.123. The van der Waals surface area contributed by atoms with Gasteiger partial charge < -0.3 is 10.6 Å². The van der Waals surface area contributed by atoms with Crippen molar-refractivity contribution in [3.8, 4) is 0 Å². The molecule has 5 heteroatoms. The van der Waals surface area contributed by atoms with Crippen molar-refractivity contribution in [2.45, 2.75) is 13.3 Å². The maximum Gasteiger partial charge on any atom is 0.233 e. The Morgan fingerprint density at radius 2 is 1.57 bits per heavy atom. The van der Waals surface area contributed by atoms with Crippen molar-refractivity contribution >= 4 is 39.1 Å². The molecule has 0 atom stereocenters. The van der Waals surface area contributed by atoms with Gasteiger partial charge in [0, 0.05) is 15.8 Å². The molecule has 0 aromatic heterocycles. The van der Waals surface area contributed by atoms with Crippen molar-refractivity contribution in [1.82, 2.24) is 0 Å². The summed E-state index contributed by atoms with van der Waals surface area (Å²) in [6, 6.07) is 14.5. The van der Waals surface area contributed by atoms with E-state index in [-0.39, 0.29) is 18.2 Å². The third-order valence-corrected chi connectivity index (χ3v) is 3.71. The number of benzene rings is 2. The molecule has 2 aromatic carbocycles. The molecule has 0 radical (unpaired) electrons. The molecule has 0 unspecified atom stereocenters. The number of para-hydroxylation sites is 1. The SMILES string of the molecule is Cc1cc(NC(=O)CC(=O)Nc2ccccc2)ccc1Br. The molecule has 21 heavy (non-hydrogen) atoms. The maximum absolute atomic E-state index is 11.8. The number of carbonyl (C=O) groups is 2. The van der Waals surface area contributed by atoms with Crippen LogP contribution in [0.25, 0.3) is 0 Å². The van der Waals surface area contributed by atoms with Crippen molar-refractivity contribution in [3.63, 3.8) is 0 Å². The summed E-state index contributed by atoms with van der Waals surface area (Å²) in [6.07, 6.45) is -0.218. The number of carbonyl (C=O) groups excluding carboxylic acids is 2. The van der Waals surface area contributed by atoms with Gasteiger partial charge in [0.2, 0.25) is 11.8 Å². The molecule has 0 spiro atoms. The Morgan fingerprint density at radius 3 is 2.19 bits per heavy atom. The minimum absolute atomic E-state index is 0.218. The predicted molar refractivity (Wildman–Crippen MR) is 87.2 cm³/mol. The van der Waals surface area contributed by atoms with Gasteiger partial charge in [-0.2, -0.15) is 0 Å². The number of hydrogen-bond acceptors (Lipinski definition) is 2. The van der Waals surface area contributed by atoms with E-state index in [4.69, 9.17) is 0 Å². The van der Waals surface area contributed by atoms with Crippen molar-refractivity contribution < 1.29 is 9.59 Å². The fraction of sp³-hybridized carbons (Fsp3) is 0.125. The molecular formula is C16H15BrN2O2. The molecule has 4 nitrogen and oxygen atoms in total. The van der Waals surface area contributed by atoms with Crippen LogP contribution in [0.4, 0.5) is 11.4 Å². The van der Waals surface area contributed by atoms with Gasteiger partial charge >= 0.3 is 0 Å². The molecule has 0 aliphatic carbocycles. The third kappa shape index (κ3) is 4.72. The summed E-state index contributed by atoms with van der Waals surface area (Å²) in [4.78, 5) is 23.6. The molecule has 2 amide bonds. The molecular weight excluding hydrogens is 332 g/mol. The van der Waals surface area contributed by atoms with Gasteiger partial charge in [0.15, 0.2) is 0 Å². The molecule has 108 valence electrons. The van der Waals surface area contributed by atoms with E-state index in [1.807, 2.05) is 37.3 Å². The first-order valence-corrected chi connectivity index (χ1v) is 7.25. The Kier molecular flexibility index (Phi) is 5.11. The summed E-state index contributed by atoms with van der Waals surface area (Å²) in [7, 11) is 0. The molecule has 2 aromatic rings. The maximum atomic E-state index is 11.8. The highest BCUT2D eigenvalue weighted by atomic mass is 79.9. The first-order chi connectivity index (χ1) is 10.0. The molecule has 0 saturated carbocycles. The predicted octanol–water partition coefficient (Wildman–Crippen LogP) is 3.72. The van der Waals surface area contributed by atoms with Crippen molar-refractivity contribution in [2.24, 2.45) is 0 Å². The molecule has 2 rings (SSSR count). The summed E-state index contributed by atoms with van der Waals surface area (Å²) in [5.74, 6) is -0.683. The number of hydrogen-bond donors (Lipinski definition) is 2. The highest BCUT2D eigenvalue weighted by molar-refractivity contribution is 9.10. The van der Waals surface area contributed by atoms with E-state index < -0.39 is 0 Å². The fourth-order valence-electron chi connectivity index (χ4n) is 1.80. The quantitative estimate of drug-likeness (QED) is 0.828. The van der Waals surface area contributed by atoms with Gasteiger partial charge in [-0.1, -0.05) is 34.1 Å². The van der Waals surface area contributed by atoms with Gasteiger partial charge in [-0.15, -0.1) is 0 Å². The van der Waals surface area contributed by atoms with E-state index in [2.05, 4.69) is 26.6 Å². The highest BCUT2D eigenvalue weighted by Crippen LogP contribution is 2.20. The summed E-state index contributed by atoms with van der Waals surface area (Å²) in [5, 5.41) is 5.38. The van der Waals surface area contributed by atoms with E-state index in [9.17, 15) is 9.59 Å². The number of anilines is 2. The van der Waals surface area contributed by atoms with E-state index in [1.165, 1.54) is 0 Å². The van der Waals surface area contributed by atoms with Crippen LogP contribution in [0.2, 0.25) is 0 Å². The van der Waals surface area contributed by atoms with Crippen LogP contribution in [0.1, 0.15) is 12.0 Å². The monoisotopic (exact) mass is 346 g/mol. The van der Waals surface area contributed by atoms with Gasteiger partial charge in [0.05, 0.1) is 0 Å². The van der Waals surface area contributed by atoms with E-state index >= 15 is 0 Å². The van der Waals surface area contributed by atoms with Gasteiger partial charge in [0.25, 0.3) is 0 Å². The smallest absolute Gasteiger partial charge is 0.233 e. The van der Waals surface area contributed by atoms with Gasteiger partial charge in [-0.05, 0) is 42.8 Å². The lowest BCUT2D eigenvalue weighted by atomic mass is 10.2. The zero-order chi connectivity index (χ0) is 15.2. The third-order valence-electron chi connectivity index (χ3n) is 2.82. The highest BCUT2D eigenvalue weighted by Gasteiger charge is 2.10. The standard InChI is InChI=1S/C16H15BrN2O2/c1-11-9-13(7-8-14(11)17)19-16(21)10-15(20)18-12-5-3-2-4-6-12/h2-9H,10H2,1H3,(H,18,20)(H,19,21). The van der Waals surface area contributed by atoms with E-state index in [1.54, 1.807) is 18.2 Å². The lowest BCUT2D eigenvalue weighted by Gasteiger charge is -2.08. The van der Waals surface area contributed by atoms with Crippen LogP contribution in [0.3, 0.4) is 0 Å². The molecule has 0 heterocycles. The molecule has 0 saturated heterocycles. The first kappa shape index (κ1) is 15.3. The van der Waals surface area contributed by atoms with Crippen LogP contribution in [0.5, 0.6) is 0 Å². The normalized spacial score (nSPS) is 10.0. The topological polar surface area (TPSA) is 58.2 Å². The average molecular weight is 347 g/mol. The second-order valence-electron chi connectivity index (χ2n) is 4.60. The largest absolute Gasteiger partial charge is 0.326 e. The van der Waals surface area contributed by atoms with Crippen LogP contribution in [-0.2, 0) is 9.59 Å². The van der Waals surface area contributed by atoms with Gasteiger partial charge in [-0.25, -0.2) is 0 Å². The van der Waals surface area contributed by atoms with Gasteiger partial charge in [-0.3, -0.25) is 9.59 Å². The Hall–Kier alpha value is -2.14. The Bertz CT molecular complexity index is 657. The number of aryl methyl sites for hydroxylation is 1. The molecule has 0 aliphatic heterocycles. The zero-order valence-corrected chi connectivity index (χ0v) is 13.1. The van der Waals surface area contributed by atoms with Crippen molar-refractivity contribution in [3.05, 3.63) is 58.6 Å². The molecule has 0 bridgehead atoms. The van der Waals surface area contributed by atoms with Crippen LogP contribution in [0, 0.1) is 6.92 Å². The van der Waals surface area contributed by atoms with Crippen LogP contribution in [0.15, 0.2) is 53.0 Å². The number of rotatable bonds is 4. The zero-order valence-electron chi connectivity index (χ0n) is 11.5. The fourth-order valence-corrected chi connectivity index (χ4v) is 2.05. The Balaban J connectivity index is 1.89. The molecule has 2 N–H and O–H groups in total. The minimum atomic E-state index is -0.342. The number of amides is 2. The van der Waals surface area contributed by atoms with Crippen LogP contribution < -0.4 is 10.6 Å². The second-order valence-corrected chi connectivity index (χ2v) is 5.46. The van der Waals surface area contributed by atoms with E-state index in [0.29, 0.717) is 11.4 Å².